The first-order valence-electron chi connectivity index (χ1n) is 4.21. The van der Waals surface area contributed by atoms with Crippen molar-refractivity contribution in [3.05, 3.63) is 35.9 Å². The molecular weight excluding hydrogens is 162 g/mol. The molecule has 0 saturated carbocycles. The van der Waals surface area contributed by atoms with Crippen molar-refractivity contribution in [2.45, 2.75) is 19.4 Å². The van der Waals surface area contributed by atoms with Crippen LogP contribution < -0.4 is 0 Å². The quantitative estimate of drug-likeness (QED) is 0.511. The lowest BCUT2D eigenvalue weighted by atomic mass is 10.1. The molecule has 1 aromatic carbocycles. The van der Waals surface area contributed by atoms with E-state index in [4.69, 9.17) is 0 Å². The van der Waals surface area contributed by atoms with Crippen LogP contribution in [-0.4, -0.2) is 18.0 Å². The second-order valence-corrected chi connectivity index (χ2v) is 3.44. The number of rotatable bonds is 3. The molecule has 68 valence electrons. The Morgan fingerprint density at radius 2 is 1.85 bits per heavy atom. The molecule has 0 heterocycles. The molecule has 0 amide bonds. The van der Waals surface area contributed by atoms with Crippen molar-refractivity contribution < 1.29 is 4.79 Å². The first kappa shape index (κ1) is 9.65. The first-order valence-corrected chi connectivity index (χ1v) is 4.21. The molecule has 2 nitrogen and oxygen atoms in total. The zero-order valence-electron chi connectivity index (χ0n) is 7.90. The summed E-state index contributed by atoms with van der Waals surface area (Å²) in [7, 11) is 0. The van der Waals surface area contributed by atoms with Crippen LogP contribution in [0.15, 0.2) is 35.3 Å². The highest BCUT2D eigenvalue weighted by molar-refractivity contribution is 5.81. The second kappa shape index (κ2) is 3.99. The summed E-state index contributed by atoms with van der Waals surface area (Å²) < 4.78 is 0. The largest absolute Gasteiger partial charge is 0.301 e. The van der Waals surface area contributed by atoms with E-state index in [9.17, 15) is 4.79 Å². The maximum atomic E-state index is 10.5. The molecule has 0 bridgehead atoms. The Balaban J connectivity index is 2.75. The summed E-state index contributed by atoms with van der Waals surface area (Å²) in [5.74, 6) is 0. The number of carbonyl (C=O) groups is 1. The van der Waals surface area contributed by atoms with Crippen LogP contribution in [0.2, 0.25) is 0 Å². The third-order valence-electron chi connectivity index (χ3n) is 1.63. The minimum atomic E-state index is -0.615. The maximum absolute atomic E-state index is 10.5. The number of hydrogen-bond donors (Lipinski definition) is 0. The van der Waals surface area contributed by atoms with Crippen molar-refractivity contribution in [3.63, 3.8) is 0 Å². The smallest absolute Gasteiger partial charge is 0.146 e. The van der Waals surface area contributed by atoms with Crippen molar-refractivity contribution in [1.29, 1.82) is 0 Å². The highest BCUT2D eigenvalue weighted by Gasteiger charge is 2.11. The average Bonchev–Trinajstić information content (AvgIpc) is 2.17. The third-order valence-corrected chi connectivity index (χ3v) is 1.63. The van der Waals surface area contributed by atoms with Gasteiger partial charge < -0.3 is 4.79 Å². The highest BCUT2D eigenvalue weighted by Crippen LogP contribution is 2.04. The zero-order chi connectivity index (χ0) is 9.73. The fourth-order valence-corrected chi connectivity index (χ4v) is 0.810. The Kier molecular flexibility index (Phi) is 2.96. The van der Waals surface area contributed by atoms with Gasteiger partial charge in [-0.2, -0.15) is 0 Å². The van der Waals surface area contributed by atoms with E-state index < -0.39 is 5.54 Å². The topological polar surface area (TPSA) is 29.4 Å². The fraction of sp³-hybridized carbons (Fsp3) is 0.273. The van der Waals surface area contributed by atoms with Crippen molar-refractivity contribution in [2.24, 2.45) is 4.99 Å². The van der Waals surface area contributed by atoms with E-state index in [0.717, 1.165) is 11.8 Å². The Bertz CT molecular complexity index is 301. The van der Waals surface area contributed by atoms with E-state index in [1.54, 1.807) is 20.1 Å². The predicted molar refractivity (Wildman–Crippen MR) is 54.2 cm³/mol. The van der Waals surface area contributed by atoms with Gasteiger partial charge >= 0.3 is 0 Å². The molecule has 13 heavy (non-hydrogen) atoms. The van der Waals surface area contributed by atoms with Crippen LogP contribution in [0.5, 0.6) is 0 Å². The van der Waals surface area contributed by atoms with E-state index in [-0.39, 0.29) is 0 Å². The van der Waals surface area contributed by atoms with Gasteiger partial charge in [0.25, 0.3) is 0 Å². The second-order valence-electron chi connectivity index (χ2n) is 3.44. The molecule has 1 rings (SSSR count). The van der Waals surface area contributed by atoms with Gasteiger partial charge in [0, 0.05) is 6.21 Å². The molecule has 0 radical (unpaired) electrons. The Morgan fingerprint density at radius 1 is 1.23 bits per heavy atom. The molecule has 0 N–H and O–H groups in total. The summed E-state index contributed by atoms with van der Waals surface area (Å²) in [6.07, 6.45) is 2.56. The van der Waals surface area contributed by atoms with Gasteiger partial charge in [0.15, 0.2) is 0 Å². The number of benzene rings is 1. The molecule has 0 fully saturated rings. The lowest BCUT2D eigenvalue weighted by Gasteiger charge is -2.08. The van der Waals surface area contributed by atoms with Crippen LogP contribution in [0.25, 0.3) is 0 Å². The monoisotopic (exact) mass is 175 g/mol. The zero-order valence-corrected chi connectivity index (χ0v) is 7.90. The van der Waals surface area contributed by atoms with Gasteiger partial charge in [-0.15, -0.1) is 0 Å². The van der Waals surface area contributed by atoms with E-state index >= 15 is 0 Å². The van der Waals surface area contributed by atoms with Gasteiger partial charge in [-0.25, -0.2) is 0 Å². The third kappa shape index (κ3) is 3.20. The van der Waals surface area contributed by atoms with Crippen LogP contribution in [-0.2, 0) is 4.79 Å². The molecule has 0 unspecified atom stereocenters. The van der Waals surface area contributed by atoms with Gasteiger partial charge in [-0.05, 0) is 19.4 Å². The van der Waals surface area contributed by atoms with Gasteiger partial charge in [0.2, 0.25) is 0 Å². The molecule has 0 atom stereocenters. The lowest BCUT2D eigenvalue weighted by molar-refractivity contribution is -0.111. The molecule has 0 aliphatic heterocycles. The number of aliphatic imine (C=N–C) groups is 1. The summed E-state index contributed by atoms with van der Waals surface area (Å²) in [4.78, 5) is 14.7. The van der Waals surface area contributed by atoms with E-state index in [1.807, 2.05) is 30.3 Å². The molecule has 1 aromatic rings. The minimum absolute atomic E-state index is 0.615. The van der Waals surface area contributed by atoms with Gasteiger partial charge in [0.05, 0.1) is 0 Å². The Hall–Kier alpha value is -1.44. The maximum Gasteiger partial charge on any atom is 0.146 e. The fourth-order valence-electron chi connectivity index (χ4n) is 0.810. The van der Waals surface area contributed by atoms with Crippen LogP contribution in [0.4, 0.5) is 0 Å². The SMILES string of the molecule is CC(C)(C=O)N=Cc1ccccc1. The average molecular weight is 175 g/mol. The van der Waals surface area contributed by atoms with Crippen molar-refractivity contribution >= 4 is 12.5 Å². The summed E-state index contributed by atoms with van der Waals surface area (Å²) in [5.41, 5.74) is 0.396. The molecule has 2 heteroatoms. The molecule has 0 spiro atoms. The van der Waals surface area contributed by atoms with Crippen molar-refractivity contribution in [1.82, 2.24) is 0 Å². The molecule has 0 aliphatic carbocycles. The van der Waals surface area contributed by atoms with Crippen LogP contribution >= 0.6 is 0 Å². The Morgan fingerprint density at radius 3 is 2.38 bits per heavy atom. The summed E-state index contributed by atoms with van der Waals surface area (Å²) in [5, 5.41) is 0. The summed E-state index contributed by atoms with van der Waals surface area (Å²) >= 11 is 0. The van der Waals surface area contributed by atoms with E-state index in [2.05, 4.69) is 4.99 Å². The Labute approximate surface area is 78.3 Å². The molecule has 0 saturated heterocycles. The number of carbonyl (C=O) groups excluding carboxylic acids is 1. The molecular formula is C11H13NO. The number of aldehydes is 1. The highest BCUT2D eigenvalue weighted by atomic mass is 16.1. The van der Waals surface area contributed by atoms with Gasteiger partial charge in [-0.1, -0.05) is 30.3 Å². The van der Waals surface area contributed by atoms with E-state index in [0.29, 0.717) is 0 Å². The molecule has 0 aliphatic rings. The van der Waals surface area contributed by atoms with E-state index in [1.165, 1.54) is 0 Å². The summed E-state index contributed by atoms with van der Waals surface area (Å²) in [6, 6.07) is 9.72. The van der Waals surface area contributed by atoms with Gasteiger partial charge in [-0.3, -0.25) is 4.99 Å². The lowest BCUT2D eigenvalue weighted by Crippen LogP contribution is -2.18. The number of hydrogen-bond acceptors (Lipinski definition) is 2. The van der Waals surface area contributed by atoms with Crippen LogP contribution in [0.3, 0.4) is 0 Å². The van der Waals surface area contributed by atoms with Crippen molar-refractivity contribution in [2.75, 3.05) is 0 Å². The normalized spacial score (nSPS) is 11.8. The first-order chi connectivity index (χ1) is 6.14. The molecule has 0 aromatic heterocycles. The number of nitrogens with zero attached hydrogens (tertiary/aromatic N) is 1. The van der Waals surface area contributed by atoms with Crippen LogP contribution in [0, 0.1) is 0 Å². The summed E-state index contributed by atoms with van der Waals surface area (Å²) in [6.45, 7) is 3.55. The standard InChI is InChI=1S/C11H13NO/c1-11(2,9-13)12-8-10-6-4-3-5-7-10/h3-9H,1-2H3. The minimum Gasteiger partial charge on any atom is -0.301 e. The van der Waals surface area contributed by atoms with Gasteiger partial charge in [0.1, 0.15) is 11.8 Å². The van der Waals surface area contributed by atoms with Crippen molar-refractivity contribution in [3.8, 4) is 0 Å². The van der Waals surface area contributed by atoms with Crippen LogP contribution in [0.1, 0.15) is 19.4 Å². The predicted octanol–water partition coefficient (Wildman–Crippen LogP) is 2.08.